The summed E-state index contributed by atoms with van der Waals surface area (Å²) in [5.74, 6) is -1.32. The van der Waals surface area contributed by atoms with Gasteiger partial charge in [0.2, 0.25) is 0 Å². The van der Waals surface area contributed by atoms with Crippen molar-refractivity contribution in [2.45, 2.75) is 65.0 Å². The van der Waals surface area contributed by atoms with Gasteiger partial charge in [-0.1, -0.05) is 0 Å². The van der Waals surface area contributed by atoms with Crippen molar-refractivity contribution in [3.05, 3.63) is 0 Å². The molecular weight excluding hydrogens is 436 g/mol. The molecule has 0 aromatic rings. The van der Waals surface area contributed by atoms with Crippen LogP contribution in [-0.2, 0) is 47.5 Å². The van der Waals surface area contributed by atoms with Gasteiger partial charge in [0.25, 0.3) is 0 Å². The van der Waals surface area contributed by atoms with E-state index in [1.165, 1.54) is 13.8 Å². The smallest absolute Gasteiger partial charge is 0.322 e. The zero-order valence-corrected chi connectivity index (χ0v) is 20.1. The highest BCUT2D eigenvalue weighted by Gasteiger charge is 2.39. The van der Waals surface area contributed by atoms with Gasteiger partial charge in [0.15, 0.2) is 18.0 Å². The number of esters is 2. The zero-order valence-electron chi connectivity index (χ0n) is 20.1. The molecule has 0 spiro atoms. The maximum absolute atomic E-state index is 12.2. The zero-order chi connectivity index (χ0) is 23.8. The summed E-state index contributed by atoms with van der Waals surface area (Å²) < 4.78 is 43.1. The van der Waals surface area contributed by atoms with Gasteiger partial charge in [0.05, 0.1) is 39.6 Å². The minimum Gasteiger partial charge on any atom is -0.462 e. The summed E-state index contributed by atoms with van der Waals surface area (Å²) in [5.41, 5.74) is -1.41. The van der Waals surface area contributed by atoms with Gasteiger partial charge in [0.1, 0.15) is 13.2 Å². The van der Waals surface area contributed by atoms with E-state index in [-0.39, 0.29) is 39.0 Å². The van der Waals surface area contributed by atoms with Crippen molar-refractivity contribution in [3.8, 4) is 0 Å². The normalized spacial score (nSPS) is 21.5. The van der Waals surface area contributed by atoms with Gasteiger partial charge in [-0.2, -0.15) is 0 Å². The van der Waals surface area contributed by atoms with Gasteiger partial charge in [0, 0.05) is 13.2 Å². The SMILES string of the molecule is CC(C)(C(=O)OCCOCCOC1CCCCO1)C(=O)OCCOCCOC1CCCCO1. The minimum absolute atomic E-state index is 0.0449. The first-order valence-corrected chi connectivity index (χ1v) is 12.0. The predicted octanol–water partition coefficient (Wildman–Crippen LogP) is 2.22. The number of hydrogen-bond acceptors (Lipinski definition) is 10. The van der Waals surface area contributed by atoms with Gasteiger partial charge in [-0.15, -0.1) is 0 Å². The first-order chi connectivity index (χ1) is 16.0. The summed E-state index contributed by atoms with van der Waals surface area (Å²) in [7, 11) is 0. The second-order valence-electron chi connectivity index (χ2n) is 8.46. The van der Waals surface area contributed by atoms with Crippen molar-refractivity contribution in [1.82, 2.24) is 0 Å². The monoisotopic (exact) mass is 476 g/mol. The first-order valence-electron chi connectivity index (χ1n) is 12.0. The van der Waals surface area contributed by atoms with E-state index in [9.17, 15) is 9.59 Å². The fraction of sp³-hybridized carbons (Fsp3) is 0.913. The van der Waals surface area contributed by atoms with Crippen LogP contribution in [0.25, 0.3) is 0 Å². The lowest BCUT2D eigenvalue weighted by molar-refractivity contribution is -0.174. The highest BCUT2D eigenvalue weighted by molar-refractivity contribution is 5.99. The van der Waals surface area contributed by atoms with Crippen molar-refractivity contribution in [1.29, 1.82) is 0 Å². The fourth-order valence-electron chi connectivity index (χ4n) is 3.20. The van der Waals surface area contributed by atoms with E-state index in [0.29, 0.717) is 26.4 Å². The third kappa shape index (κ3) is 11.6. The molecular formula is C23H40O10. The van der Waals surface area contributed by atoms with Crippen molar-refractivity contribution < 1.29 is 47.5 Å². The quantitative estimate of drug-likeness (QED) is 0.187. The number of carbonyl (C=O) groups is 2. The van der Waals surface area contributed by atoms with Crippen LogP contribution < -0.4 is 0 Å². The Labute approximate surface area is 196 Å². The Hall–Kier alpha value is -1.30. The molecule has 33 heavy (non-hydrogen) atoms. The van der Waals surface area contributed by atoms with Gasteiger partial charge in [-0.05, 0) is 52.4 Å². The summed E-state index contributed by atoms with van der Waals surface area (Å²) in [6.45, 7) is 6.51. The van der Waals surface area contributed by atoms with E-state index < -0.39 is 17.4 Å². The molecule has 0 saturated carbocycles. The number of ether oxygens (including phenoxy) is 8. The van der Waals surface area contributed by atoms with Gasteiger partial charge in [-0.3, -0.25) is 9.59 Å². The maximum atomic E-state index is 12.2. The van der Waals surface area contributed by atoms with Crippen molar-refractivity contribution in [2.24, 2.45) is 5.41 Å². The molecule has 0 aromatic carbocycles. The first kappa shape index (κ1) is 27.9. The highest BCUT2D eigenvalue weighted by Crippen LogP contribution is 2.19. The Balaban J connectivity index is 1.44. The molecule has 10 heteroatoms. The largest absolute Gasteiger partial charge is 0.462 e. The van der Waals surface area contributed by atoms with E-state index in [1.807, 2.05) is 0 Å². The standard InChI is InChI=1S/C23H40O10/c1-23(2,21(24)32-17-13-26-11-15-30-19-7-3-5-9-28-19)22(25)33-18-14-27-12-16-31-20-8-4-6-10-29-20/h19-20H,3-18H2,1-2H3. The highest BCUT2D eigenvalue weighted by atomic mass is 16.7. The predicted molar refractivity (Wildman–Crippen MR) is 116 cm³/mol. The van der Waals surface area contributed by atoms with E-state index in [1.54, 1.807) is 0 Å². The van der Waals surface area contributed by atoms with E-state index in [2.05, 4.69) is 0 Å². The van der Waals surface area contributed by atoms with E-state index in [0.717, 1.165) is 51.7 Å². The Morgan fingerprint density at radius 1 is 0.667 bits per heavy atom. The van der Waals surface area contributed by atoms with Crippen LogP contribution in [0.5, 0.6) is 0 Å². The lowest BCUT2D eigenvalue weighted by atomic mass is 9.94. The number of hydrogen-bond donors (Lipinski definition) is 0. The maximum Gasteiger partial charge on any atom is 0.322 e. The Morgan fingerprint density at radius 2 is 1.09 bits per heavy atom. The topological polar surface area (TPSA) is 108 Å². The molecule has 2 heterocycles. The molecule has 2 rings (SSSR count). The lowest BCUT2D eigenvalue weighted by Crippen LogP contribution is -2.37. The molecule has 2 aliphatic heterocycles. The average molecular weight is 477 g/mol. The second kappa shape index (κ2) is 16.3. The minimum atomic E-state index is -1.41. The van der Waals surface area contributed by atoms with Crippen LogP contribution in [0.3, 0.4) is 0 Å². The molecule has 0 bridgehead atoms. The van der Waals surface area contributed by atoms with Crippen LogP contribution in [0.1, 0.15) is 52.4 Å². The number of rotatable bonds is 16. The van der Waals surface area contributed by atoms with E-state index in [4.69, 9.17) is 37.9 Å². The fourth-order valence-corrected chi connectivity index (χ4v) is 3.20. The summed E-state index contributed by atoms with van der Waals surface area (Å²) in [6.07, 6.45) is 5.87. The van der Waals surface area contributed by atoms with Crippen LogP contribution in [0.4, 0.5) is 0 Å². The summed E-state index contributed by atoms with van der Waals surface area (Å²) in [5, 5.41) is 0. The Bertz CT molecular complexity index is 495. The summed E-state index contributed by atoms with van der Waals surface area (Å²) in [4.78, 5) is 24.5. The molecule has 2 unspecified atom stereocenters. The Kier molecular flexibility index (Phi) is 13.8. The van der Waals surface area contributed by atoms with Gasteiger partial charge < -0.3 is 37.9 Å². The second-order valence-corrected chi connectivity index (χ2v) is 8.46. The lowest BCUT2D eigenvalue weighted by Gasteiger charge is -2.23. The van der Waals surface area contributed by atoms with Crippen LogP contribution in [-0.4, -0.2) is 90.6 Å². The van der Waals surface area contributed by atoms with Gasteiger partial charge >= 0.3 is 11.9 Å². The van der Waals surface area contributed by atoms with Crippen LogP contribution >= 0.6 is 0 Å². The van der Waals surface area contributed by atoms with E-state index >= 15 is 0 Å². The van der Waals surface area contributed by atoms with Crippen LogP contribution in [0.15, 0.2) is 0 Å². The molecule has 2 atom stereocenters. The van der Waals surface area contributed by atoms with Crippen molar-refractivity contribution in [3.63, 3.8) is 0 Å². The van der Waals surface area contributed by atoms with Crippen molar-refractivity contribution >= 4 is 11.9 Å². The molecule has 192 valence electrons. The molecule has 0 aliphatic carbocycles. The van der Waals surface area contributed by atoms with Gasteiger partial charge in [-0.25, -0.2) is 0 Å². The molecule has 0 N–H and O–H groups in total. The average Bonchev–Trinajstić information content (AvgIpc) is 2.83. The number of carbonyl (C=O) groups excluding carboxylic acids is 2. The molecule has 0 radical (unpaired) electrons. The van der Waals surface area contributed by atoms with Crippen LogP contribution in [0.2, 0.25) is 0 Å². The Morgan fingerprint density at radius 3 is 1.48 bits per heavy atom. The van der Waals surface area contributed by atoms with Crippen molar-refractivity contribution in [2.75, 3.05) is 66.1 Å². The molecule has 10 nitrogen and oxygen atoms in total. The molecule has 2 aliphatic rings. The molecule has 0 aromatic heterocycles. The molecule has 2 fully saturated rings. The summed E-state index contributed by atoms with van der Waals surface area (Å²) in [6, 6.07) is 0. The third-order valence-corrected chi connectivity index (χ3v) is 5.28. The summed E-state index contributed by atoms with van der Waals surface area (Å²) >= 11 is 0. The molecule has 2 saturated heterocycles. The van der Waals surface area contributed by atoms with Crippen LogP contribution in [0, 0.1) is 5.41 Å². The third-order valence-electron chi connectivity index (χ3n) is 5.28. The molecule has 0 amide bonds.